The van der Waals surface area contributed by atoms with Gasteiger partial charge in [0.1, 0.15) is 31.0 Å². The van der Waals surface area contributed by atoms with Crippen LogP contribution in [0.5, 0.6) is 0 Å². The quantitative estimate of drug-likeness (QED) is 0.0264. The van der Waals surface area contributed by atoms with Crippen molar-refractivity contribution in [1.82, 2.24) is 0 Å². The summed E-state index contributed by atoms with van der Waals surface area (Å²) in [6.45, 7) is 3.21. The van der Waals surface area contributed by atoms with E-state index >= 15 is 0 Å². The molecule has 10 nitrogen and oxygen atoms in total. The molecule has 6 atom stereocenters. The average molecular weight is 939 g/mol. The zero-order valence-corrected chi connectivity index (χ0v) is 41.9. The molecule has 0 radical (unpaired) electrons. The Morgan fingerprint density at radius 2 is 0.925 bits per heavy atom. The Balaban J connectivity index is 2.33. The summed E-state index contributed by atoms with van der Waals surface area (Å²) in [4.78, 5) is 25.4. The second-order valence-electron chi connectivity index (χ2n) is 17.6. The van der Waals surface area contributed by atoms with Gasteiger partial charge in [0, 0.05) is 12.8 Å². The second-order valence-corrected chi connectivity index (χ2v) is 17.6. The van der Waals surface area contributed by atoms with Gasteiger partial charge in [0.05, 0.1) is 13.2 Å². The first kappa shape index (κ1) is 61.6. The van der Waals surface area contributed by atoms with Crippen molar-refractivity contribution in [3.63, 3.8) is 0 Å². The number of hydrogen-bond acceptors (Lipinski definition) is 10. The van der Waals surface area contributed by atoms with Crippen LogP contribution in [-0.2, 0) is 28.5 Å². The van der Waals surface area contributed by atoms with Crippen LogP contribution in [-0.4, -0.2) is 89.0 Å². The number of hydrogen-bond donors (Lipinski definition) is 4. The number of aliphatic hydroxyl groups excluding tert-OH is 4. The maximum Gasteiger partial charge on any atom is 0.306 e. The van der Waals surface area contributed by atoms with Crippen LogP contribution in [0.4, 0.5) is 0 Å². The molecule has 0 spiro atoms. The minimum atomic E-state index is -1.62. The molecule has 10 heteroatoms. The van der Waals surface area contributed by atoms with E-state index in [4.69, 9.17) is 18.9 Å². The van der Waals surface area contributed by atoms with Crippen LogP contribution in [0, 0.1) is 0 Å². The lowest BCUT2D eigenvalue weighted by atomic mass is 9.99. The van der Waals surface area contributed by atoms with Crippen molar-refractivity contribution < 1.29 is 49.0 Å². The van der Waals surface area contributed by atoms with Gasteiger partial charge in [0.25, 0.3) is 0 Å². The van der Waals surface area contributed by atoms with Crippen molar-refractivity contribution in [2.75, 3.05) is 19.8 Å². The van der Waals surface area contributed by atoms with Crippen molar-refractivity contribution in [2.45, 2.75) is 230 Å². The number of carbonyl (C=O) groups is 2. The molecule has 0 aromatic carbocycles. The normalized spacial score (nSPS) is 19.9. The summed E-state index contributed by atoms with van der Waals surface area (Å²) in [6.07, 6.45) is 55.9. The van der Waals surface area contributed by atoms with Gasteiger partial charge in [0.15, 0.2) is 12.4 Å². The lowest BCUT2D eigenvalue weighted by Gasteiger charge is -2.39. The van der Waals surface area contributed by atoms with Gasteiger partial charge in [-0.25, -0.2) is 0 Å². The molecular formula is C57H94O10. The van der Waals surface area contributed by atoms with E-state index in [1.165, 1.54) is 89.9 Å². The number of ether oxygens (including phenoxy) is 4. The summed E-state index contributed by atoms with van der Waals surface area (Å²) in [5, 5.41) is 40.2. The van der Waals surface area contributed by atoms with Gasteiger partial charge in [0.2, 0.25) is 0 Å². The molecule has 1 heterocycles. The number of carbonyl (C=O) groups excluding carboxylic acids is 2. The number of allylic oxidation sites excluding steroid dienone is 16. The predicted octanol–water partition coefficient (Wildman–Crippen LogP) is 12.7. The lowest BCUT2D eigenvalue weighted by Crippen LogP contribution is -2.59. The average Bonchev–Trinajstić information content (AvgIpc) is 3.33. The Bertz CT molecular complexity index is 1410. The molecule has 1 aliphatic rings. The fraction of sp³-hybridized carbons (Fsp3) is 0.684. The zero-order chi connectivity index (χ0) is 48.7. The summed E-state index contributed by atoms with van der Waals surface area (Å²) in [5.41, 5.74) is 0. The first-order valence-corrected chi connectivity index (χ1v) is 26.3. The third-order valence-electron chi connectivity index (χ3n) is 11.4. The molecule has 1 aliphatic heterocycles. The Morgan fingerprint density at radius 3 is 1.43 bits per heavy atom. The van der Waals surface area contributed by atoms with E-state index in [0.717, 1.165) is 57.8 Å². The van der Waals surface area contributed by atoms with Crippen LogP contribution in [0.3, 0.4) is 0 Å². The Labute approximate surface area is 407 Å². The Morgan fingerprint density at radius 1 is 0.478 bits per heavy atom. The highest BCUT2D eigenvalue weighted by atomic mass is 16.7. The third-order valence-corrected chi connectivity index (χ3v) is 11.4. The van der Waals surface area contributed by atoms with Gasteiger partial charge in [-0.1, -0.05) is 195 Å². The Kier molecular flexibility index (Phi) is 42.6. The van der Waals surface area contributed by atoms with Crippen molar-refractivity contribution in [3.8, 4) is 0 Å². The van der Waals surface area contributed by atoms with Gasteiger partial charge in [-0.15, -0.1) is 0 Å². The maximum absolute atomic E-state index is 12.8. The highest BCUT2D eigenvalue weighted by molar-refractivity contribution is 5.70. The van der Waals surface area contributed by atoms with E-state index in [9.17, 15) is 30.0 Å². The van der Waals surface area contributed by atoms with Gasteiger partial charge in [-0.2, -0.15) is 0 Å². The number of esters is 2. The maximum atomic E-state index is 12.8. The van der Waals surface area contributed by atoms with E-state index in [0.29, 0.717) is 19.3 Å². The highest BCUT2D eigenvalue weighted by Gasteiger charge is 2.44. The molecule has 1 rings (SSSR count). The van der Waals surface area contributed by atoms with Gasteiger partial charge >= 0.3 is 11.9 Å². The van der Waals surface area contributed by atoms with E-state index in [1.807, 2.05) is 12.2 Å². The van der Waals surface area contributed by atoms with Crippen LogP contribution in [0.25, 0.3) is 0 Å². The number of rotatable bonds is 43. The number of aliphatic hydroxyl groups is 4. The molecule has 4 N–H and O–H groups in total. The monoisotopic (exact) mass is 939 g/mol. The second kappa shape index (κ2) is 46.4. The van der Waals surface area contributed by atoms with Gasteiger partial charge in [-0.3, -0.25) is 9.59 Å². The van der Waals surface area contributed by atoms with E-state index in [1.54, 1.807) is 0 Å². The molecule has 0 aromatic rings. The Hall–Kier alpha value is -3.38. The lowest BCUT2D eigenvalue weighted by molar-refractivity contribution is -0.305. The molecule has 1 saturated heterocycles. The van der Waals surface area contributed by atoms with Crippen molar-refractivity contribution in [3.05, 3.63) is 97.2 Å². The summed E-state index contributed by atoms with van der Waals surface area (Å²) >= 11 is 0. The molecule has 0 amide bonds. The first-order chi connectivity index (χ1) is 32.8. The van der Waals surface area contributed by atoms with Crippen molar-refractivity contribution >= 4 is 11.9 Å². The molecule has 0 saturated carbocycles. The predicted molar refractivity (Wildman–Crippen MR) is 274 cm³/mol. The molecule has 1 fully saturated rings. The van der Waals surface area contributed by atoms with Crippen LogP contribution >= 0.6 is 0 Å². The molecular weight excluding hydrogens is 845 g/mol. The molecule has 67 heavy (non-hydrogen) atoms. The molecule has 2 unspecified atom stereocenters. The minimum Gasteiger partial charge on any atom is -0.462 e. The third kappa shape index (κ3) is 37.2. The molecule has 0 aromatic heterocycles. The fourth-order valence-corrected chi connectivity index (χ4v) is 7.35. The molecule has 0 bridgehead atoms. The minimum absolute atomic E-state index is 0.137. The van der Waals surface area contributed by atoms with Crippen LogP contribution in [0.1, 0.15) is 194 Å². The molecule has 0 aliphatic carbocycles. The standard InChI is InChI=1S/C57H94O10/c1-3-5-7-9-11-13-15-17-19-21-23-24-25-26-28-30-32-34-36-38-40-42-44-46-53(60)66-50(49-65-57-56(63)55(62)54(61)51(47-58)67-57)48-64-52(59)45-43-41-39-37-35-33-31-29-27-22-20-18-16-14-12-10-8-6-4-2/h6,8,12,14,18,20,27,29-30,32-33,35,38-41,50-51,54-58,61-63H,3-5,7,9-11,13,15-17,19,21-26,28,31,34,36-37,42-49H2,1-2H3/b8-6+,14-12+,20-18+,29-27+,32-30+,35-33+,40-38+,41-39+/t50-,51-,54+,55?,56?,57-/m1/s1. The number of unbranched alkanes of at least 4 members (excludes halogenated alkanes) is 16. The van der Waals surface area contributed by atoms with E-state index in [-0.39, 0.29) is 26.1 Å². The van der Waals surface area contributed by atoms with Crippen LogP contribution in [0.15, 0.2) is 97.2 Å². The molecule has 382 valence electrons. The van der Waals surface area contributed by atoms with Crippen molar-refractivity contribution in [1.29, 1.82) is 0 Å². The SMILES string of the molecule is CC/C=C/C/C=C/C/C=C/C/C=C/C/C=C/C/C=C/CCC(=O)OC[C@H](CO[C@@H]1O[C@H](CO)[C@H](O)C(O)C1O)OC(=O)CCC/C=C/CC/C=C/CCCCCCCCCCCCCCCC. The van der Waals surface area contributed by atoms with Gasteiger partial charge < -0.3 is 39.4 Å². The first-order valence-electron chi connectivity index (χ1n) is 26.3. The summed E-state index contributed by atoms with van der Waals surface area (Å²) in [6, 6.07) is 0. The van der Waals surface area contributed by atoms with Crippen molar-refractivity contribution in [2.24, 2.45) is 0 Å². The fourth-order valence-electron chi connectivity index (χ4n) is 7.35. The smallest absolute Gasteiger partial charge is 0.306 e. The zero-order valence-electron chi connectivity index (χ0n) is 41.9. The van der Waals surface area contributed by atoms with E-state index in [2.05, 4.69) is 98.9 Å². The summed E-state index contributed by atoms with van der Waals surface area (Å²) in [7, 11) is 0. The van der Waals surface area contributed by atoms with Gasteiger partial charge in [-0.05, 0) is 83.5 Å². The largest absolute Gasteiger partial charge is 0.462 e. The topological polar surface area (TPSA) is 152 Å². The highest BCUT2D eigenvalue weighted by Crippen LogP contribution is 2.22. The summed E-state index contributed by atoms with van der Waals surface area (Å²) in [5.74, 6) is -0.959. The van der Waals surface area contributed by atoms with Crippen LogP contribution in [0.2, 0.25) is 0 Å². The summed E-state index contributed by atoms with van der Waals surface area (Å²) < 4.78 is 22.1. The van der Waals surface area contributed by atoms with Crippen LogP contribution < -0.4 is 0 Å². The van der Waals surface area contributed by atoms with E-state index < -0.39 is 55.4 Å².